The number of tetrazole rings is 1. The molecule has 2 heterocycles. The SMILES string of the molecule is CCCCc1nc(Cl)c(CNC(=O)CCc2ccc(OCc3ccccc3)c(OCc3ccccc3)c2)n1Cc1ccc(-c2ccccc2-c2nnn(C(c3ccccc3)(c3ccccc3)c3ccccc3)n2)cc1. The average Bonchev–Trinajstić information content (AvgIpc) is 4.11. The normalized spacial score (nSPS) is 11.3. The molecule has 10 rings (SSSR count). The molecule has 0 saturated heterocycles. The first-order valence-electron chi connectivity index (χ1n) is 25.6. The van der Waals surface area contributed by atoms with Crippen molar-refractivity contribution in [3.8, 4) is 34.0 Å². The Morgan fingerprint density at radius 1 is 0.587 bits per heavy atom. The molecule has 0 saturated carbocycles. The lowest BCUT2D eigenvalue weighted by Crippen LogP contribution is -2.39. The van der Waals surface area contributed by atoms with Crippen molar-refractivity contribution in [1.82, 2.24) is 35.1 Å². The van der Waals surface area contributed by atoms with E-state index in [9.17, 15) is 4.79 Å². The van der Waals surface area contributed by atoms with Crippen LogP contribution in [-0.2, 0) is 49.5 Å². The largest absolute Gasteiger partial charge is 0.485 e. The van der Waals surface area contributed by atoms with Crippen molar-refractivity contribution in [3.63, 3.8) is 0 Å². The van der Waals surface area contributed by atoms with E-state index >= 15 is 0 Å². The summed E-state index contributed by atoms with van der Waals surface area (Å²) in [5, 5.41) is 18.3. The van der Waals surface area contributed by atoms with Crippen molar-refractivity contribution in [3.05, 3.63) is 274 Å². The van der Waals surface area contributed by atoms with Gasteiger partial charge in [-0.15, -0.1) is 15.0 Å². The van der Waals surface area contributed by atoms with E-state index in [1.165, 1.54) is 0 Å². The van der Waals surface area contributed by atoms with E-state index in [2.05, 4.69) is 83.5 Å². The Labute approximate surface area is 443 Å². The first kappa shape index (κ1) is 50.0. The Hall–Kier alpha value is -8.60. The fourth-order valence-corrected chi connectivity index (χ4v) is 9.84. The van der Waals surface area contributed by atoms with Gasteiger partial charge in [0.2, 0.25) is 11.7 Å². The summed E-state index contributed by atoms with van der Waals surface area (Å²) in [5.74, 6) is 2.60. The number of hydrogen-bond donors (Lipinski definition) is 1. The molecule has 0 radical (unpaired) electrons. The minimum absolute atomic E-state index is 0.0893. The predicted octanol–water partition coefficient (Wildman–Crippen LogP) is 13.5. The van der Waals surface area contributed by atoms with E-state index in [0.717, 1.165) is 86.4 Å². The number of aromatic nitrogens is 6. The van der Waals surface area contributed by atoms with Gasteiger partial charge >= 0.3 is 0 Å². The third-order valence-electron chi connectivity index (χ3n) is 13.5. The van der Waals surface area contributed by atoms with Gasteiger partial charge < -0.3 is 19.4 Å². The third kappa shape index (κ3) is 11.6. The molecule has 0 aliphatic rings. The molecule has 0 atom stereocenters. The lowest BCUT2D eigenvalue weighted by molar-refractivity contribution is -0.121. The van der Waals surface area contributed by atoms with Gasteiger partial charge in [-0.1, -0.05) is 231 Å². The van der Waals surface area contributed by atoms with Gasteiger partial charge in [-0.05, 0) is 80.3 Å². The molecule has 0 aliphatic heterocycles. The molecule has 8 aromatic carbocycles. The molecule has 2 aromatic heterocycles. The first-order valence-corrected chi connectivity index (χ1v) is 26.0. The van der Waals surface area contributed by atoms with Crippen molar-refractivity contribution < 1.29 is 14.3 Å². The Bertz CT molecular complexity index is 3330. The number of nitrogens with one attached hydrogen (secondary N) is 1. The molecule has 0 bridgehead atoms. The number of carbonyl (C=O) groups is 1. The molecule has 10 aromatic rings. The summed E-state index contributed by atoms with van der Waals surface area (Å²) in [6, 6.07) is 73.8. The van der Waals surface area contributed by atoms with Crippen LogP contribution in [0, 0.1) is 0 Å². The highest BCUT2D eigenvalue weighted by Crippen LogP contribution is 2.41. The zero-order chi connectivity index (χ0) is 51.2. The molecular formula is C64H58ClN7O3. The van der Waals surface area contributed by atoms with Crippen LogP contribution in [0.4, 0.5) is 0 Å². The maximum atomic E-state index is 13.6. The first-order chi connectivity index (χ1) is 37.0. The smallest absolute Gasteiger partial charge is 0.220 e. The van der Waals surface area contributed by atoms with Crippen LogP contribution in [0.5, 0.6) is 11.5 Å². The van der Waals surface area contributed by atoms with E-state index < -0.39 is 5.54 Å². The molecule has 0 aliphatic carbocycles. The van der Waals surface area contributed by atoms with Gasteiger partial charge in [0, 0.05) is 24.9 Å². The third-order valence-corrected chi connectivity index (χ3v) is 13.8. The molecule has 374 valence electrons. The standard InChI is InChI=1S/C64H58ClN7O3/c1-2-3-33-60-67-62(65)57(43-66-61(73)41-37-47-36-40-58(74-45-49-21-9-4-10-22-49)59(42-47)75-46-50-23-11-5-12-24-50)71(60)44-48-34-38-51(39-35-48)55-31-19-20-32-56(55)63-68-70-72(69-63)64(52-25-13-6-14-26-52,53-27-15-7-16-28-53)54-29-17-8-18-30-54/h4-32,34-36,38-40,42H,2-3,33,37,41,43-46H2,1H3,(H,66,73). The number of nitrogens with zero attached hydrogens (tertiary/aromatic N) is 6. The number of imidazole rings is 1. The average molecular weight is 1010 g/mol. The number of benzene rings is 8. The Balaban J connectivity index is 0.851. The summed E-state index contributed by atoms with van der Waals surface area (Å²) in [5.41, 5.74) is 9.93. The number of rotatable bonds is 22. The topological polar surface area (TPSA) is 109 Å². The summed E-state index contributed by atoms with van der Waals surface area (Å²) in [7, 11) is 0. The number of unbranched alkanes of at least 4 members (excludes halogenated alkanes) is 1. The summed E-state index contributed by atoms with van der Waals surface area (Å²) in [6.07, 6.45) is 3.53. The van der Waals surface area contributed by atoms with E-state index in [0.29, 0.717) is 48.7 Å². The van der Waals surface area contributed by atoms with Gasteiger partial charge in [0.25, 0.3) is 0 Å². The quantitative estimate of drug-likeness (QED) is 0.0674. The number of amides is 1. The molecule has 11 heteroatoms. The van der Waals surface area contributed by atoms with Crippen LogP contribution in [-0.4, -0.2) is 35.7 Å². The molecule has 0 fully saturated rings. The van der Waals surface area contributed by atoms with Gasteiger partial charge in [-0.2, -0.15) is 0 Å². The molecule has 75 heavy (non-hydrogen) atoms. The zero-order valence-corrected chi connectivity index (χ0v) is 42.7. The van der Waals surface area contributed by atoms with Gasteiger partial charge in [0.05, 0.1) is 12.2 Å². The summed E-state index contributed by atoms with van der Waals surface area (Å²) in [6.45, 7) is 3.75. The second-order valence-electron chi connectivity index (χ2n) is 18.5. The van der Waals surface area contributed by atoms with Crippen LogP contribution in [0.3, 0.4) is 0 Å². The van der Waals surface area contributed by atoms with Crippen molar-refractivity contribution in [2.24, 2.45) is 0 Å². The lowest BCUT2D eigenvalue weighted by Gasteiger charge is -2.34. The molecule has 1 amide bonds. The second-order valence-corrected chi connectivity index (χ2v) is 18.9. The Morgan fingerprint density at radius 3 is 1.71 bits per heavy atom. The van der Waals surface area contributed by atoms with Gasteiger partial charge in [0.1, 0.15) is 19.0 Å². The molecule has 0 spiro atoms. The zero-order valence-electron chi connectivity index (χ0n) is 41.9. The van der Waals surface area contributed by atoms with Crippen LogP contribution in [0.25, 0.3) is 22.5 Å². The van der Waals surface area contributed by atoms with E-state index in [4.69, 9.17) is 41.5 Å². The maximum Gasteiger partial charge on any atom is 0.220 e. The molecule has 10 nitrogen and oxygen atoms in total. The van der Waals surface area contributed by atoms with Gasteiger partial charge in [0.15, 0.2) is 22.2 Å². The fraction of sp³-hybridized carbons (Fsp3) is 0.172. The number of halogens is 1. The fourth-order valence-electron chi connectivity index (χ4n) is 9.58. The predicted molar refractivity (Wildman–Crippen MR) is 296 cm³/mol. The summed E-state index contributed by atoms with van der Waals surface area (Å²) >= 11 is 6.91. The van der Waals surface area contributed by atoms with Crippen LogP contribution in [0.1, 0.15) is 76.6 Å². The second kappa shape index (κ2) is 24.0. The lowest BCUT2D eigenvalue weighted by atomic mass is 9.77. The van der Waals surface area contributed by atoms with E-state index in [1.54, 1.807) is 4.80 Å². The summed E-state index contributed by atoms with van der Waals surface area (Å²) in [4.78, 5) is 20.1. The minimum Gasteiger partial charge on any atom is -0.485 e. The van der Waals surface area contributed by atoms with Crippen LogP contribution in [0.2, 0.25) is 5.15 Å². The molecular weight excluding hydrogens is 950 g/mol. The molecule has 1 N–H and O–H groups in total. The van der Waals surface area contributed by atoms with Gasteiger partial charge in [-0.3, -0.25) is 4.79 Å². The van der Waals surface area contributed by atoms with Crippen LogP contribution in [0.15, 0.2) is 218 Å². The van der Waals surface area contributed by atoms with Crippen LogP contribution >= 0.6 is 11.6 Å². The number of aryl methyl sites for hydroxylation is 2. The number of carbonyl (C=O) groups excluding carboxylic acids is 1. The number of hydrogen-bond acceptors (Lipinski definition) is 7. The van der Waals surface area contributed by atoms with Crippen molar-refractivity contribution >= 4 is 17.5 Å². The highest BCUT2D eigenvalue weighted by Gasteiger charge is 2.41. The monoisotopic (exact) mass is 1010 g/mol. The number of ether oxygens (including phenoxy) is 2. The van der Waals surface area contributed by atoms with E-state index in [1.807, 2.05) is 152 Å². The van der Waals surface area contributed by atoms with Crippen molar-refractivity contribution in [2.75, 3.05) is 0 Å². The highest BCUT2D eigenvalue weighted by atomic mass is 35.5. The van der Waals surface area contributed by atoms with Crippen molar-refractivity contribution in [1.29, 1.82) is 0 Å². The highest BCUT2D eigenvalue weighted by molar-refractivity contribution is 6.30. The molecule has 0 unspecified atom stereocenters. The van der Waals surface area contributed by atoms with Crippen LogP contribution < -0.4 is 14.8 Å². The summed E-state index contributed by atoms with van der Waals surface area (Å²) < 4.78 is 14.7. The Kier molecular flexibility index (Phi) is 16.0. The Morgan fingerprint density at radius 2 is 1.12 bits per heavy atom. The maximum absolute atomic E-state index is 13.6. The van der Waals surface area contributed by atoms with Crippen molar-refractivity contribution in [2.45, 2.75) is 70.9 Å². The van der Waals surface area contributed by atoms with Gasteiger partial charge in [-0.25, -0.2) is 4.98 Å². The minimum atomic E-state index is -0.894. The van der Waals surface area contributed by atoms with E-state index in [-0.39, 0.29) is 18.9 Å².